The molecule has 3 nitrogen and oxygen atoms in total. The largest absolute Gasteiger partial charge is 0.493 e. The van der Waals surface area contributed by atoms with Crippen LogP contribution in [0.5, 0.6) is 5.75 Å². The summed E-state index contributed by atoms with van der Waals surface area (Å²) in [7, 11) is 0. The van der Waals surface area contributed by atoms with Crippen molar-refractivity contribution in [1.29, 1.82) is 0 Å². The van der Waals surface area contributed by atoms with E-state index in [0.717, 1.165) is 25.6 Å². The van der Waals surface area contributed by atoms with Crippen LogP contribution in [0.4, 0.5) is 0 Å². The van der Waals surface area contributed by atoms with Crippen LogP contribution in [-0.4, -0.2) is 25.9 Å². The van der Waals surface area contributed by atoms with Gasteiger partial charge in [-0.05, 0) is 49.8 Å². The van der Waals surface area contributed by atoms with Gasteiger partial charge in [-0.3, -0.25) is 0 Å². The Labute approximate surface area is 129 Å². The maximum absolute atomic E-state index is 5.73. The van der Waals surface area contributed by atoms with Crippen LogP contribution >= 0.6 is 0 Å². The highest BCUT2D eigenvalue weighted by Gasteiger charge is 2.23. The summed E-state index contributed by atoms with van der Waals surface area (Å²) in [6, 6.07) is 9.29. The second kappa shape index (κ2) is 7.81. The lowest BCUT2D eigenvalue weighted by atomic mass is 9.98. The fourth-order valence-electron chi connectivity index (χ4n) is 2.69. The molecule has 3 unspecified atom stereocenters. The summed E-state index contributed by atoms with van der Waals surface area (Å²) in [5.41, 5.74) is 1.30. The summed E-state index contributed by atoms with van der Waals surface area (Å²) in [5.74, 6) is 2.15. The molecule has 1 aliphatic rings. The lowest BCUT2D eigenvalue weighted by molar-refractivity contribution is 0.177. The molecule has 1 heterocycles. The standard InChI is InChI=1S/C18H29NO2/c1-13(2)11-21-18-7-5-16(6-8-18)14(3)19-15(4)17-9-10-20-12-17/h5-8,13-15,17,19H,9-12H2,1-4H3. The Morgan fingerprint density at radius 2 is 1.90 bits per heavy atom. The van der Waals surface area contributed by atoms with E-state index in [2.05, 4.69) is 57.3 Å². The number of ether oxygens (including phenoxy) is 2. The summed E-state index contributed by atoms with van der Waals surface area (Å²) in [5, 5.41) is 3.69. The fourth-order valence-corrected chi connectivity index (χ4v) is 2.69. The van der Waals surface area contributed by atoms with E-state index in [-0.39, 0.29) is 0 Å². The molecule has 0 spiro atoms. The number of hydrogen-bond acceptors (Lipinski definition) is 3. The van der Waals surface area contributed by atoms with Gasteiger partial charge in [0.2, 0.25) is 0 Å². The monoisotopic (exact) mass is 291 g/mol. The third-order valence-corrected chi connectivity index (χ3v) is 4.15. The van der Waals surface area contributed by atoms with Crippen molar-refractivity contribution in [3.63, 3.8) is 0 Å². The molecule has 0 amide bonds. The molecule has 1 aliphatic heterocycles. The lowest BCUT2D eigenvalue weighted by Crippen LogP contribution is -2.35. The van der Waals surface area contributed by atoms with Crippen molar-refractivity contribution in [2.45, 2.75) is 46.2 Å². The first kappa shape index (κ1) is 16.3. The van der Waals surface area contributed by atoms with Crippen molar-refractivity contribution < 1.29 is 9.47 Å². The highest BCUT2D eigenvalue weighted by atomic mass is 16.5. The van der Waals surface area contributed by atoms with E-state index in [1.165, 1.54) is 12.0 Å². The Morgan fingerprint density at radius 1 is 1.19 bits per heavy atom. The molecule has 0 radical (unpaired) electrons. The predicted octanol–water partition coefficient (Wildman–Crippen LogP) is 3.80. The zero-order valence-corrected chi connectivity index (χ0v) is 13.8. The van der Waals surface area contributed by atoms with Crippen molar-refractivity contribution in [2.75, 3.05) is 19.8 Å². The lowest BCUT2D eigenvalue weighted by Gasteiger charge is -2.24. The molecule has 1 fully saturated rings. The molecular weight excluding hydrogens is 262 g/mol. The van der Waals surface area contributed by atoms with E-state index < -0.39 is 0 Å². The first-order valence-electron chi connectivity index (χ1n) is 8.13. The predicted molar refractivity (Wildman–Crippen MR) is 86.7 cm³/mol. The van der Waals surface area contributed by atoms with Gasteiger partial charge in [0, 0.05) is 18.7 Å². The Balaban J connectivity index is 1.85. The molecular formula is C18H29NO2. The molecule has 0 bridgehead atoms. The topological polar surface area (TPSA) is 30.5 Å². The summed E-state index contributed by atoms with van der Waals surface area (Å²) >= 11 is 0. The minimum atomic E-state index is 0.347. The molecule has 21 heavy (non-hydrogen) atoms. The molecule has 3 heteroatoms. The molecule has 1 aromatic carbocycles. The van der Waals surface area contributed by atoms with E-state index in [0.29, 0.717) is 23.9 Å². The Morgan fingerprint density at radius 3 is 2.48 bits per heavy atom. The van der Waals surface area contributed by atoms with Gasteiger partial charge in [-0.2, -0.15) is 0 Å². The van der Waals surface area contributed by atoms with E-state index >= 15 is 0 Å². The van der Waals surface area contributed by atoms with Crippen LogP contribution < -0.4 is 10.1 Å². The third kappa shape index (κ3) is 5.01. The Kier molecular flexibility index (Phi) is 6.07. The molecule has 3 atom stereocenters. The van der Waals surface area contributed by atoms with E-state index in [4.69, 9.17) is 9.47 Å². The normalized spacial score (nSPS) is 21.5. The number of hydrogen-bond donors (Lipinski definition) is 1. The molecule has 1 aromatic rings. The summed E-state index contributed by atoms with van der Waals surface area (Å²) in [4.78, 5) is 0. The summed E-state index contributed by atoms with van der Waals surface area (Å²) in [6.45, 7) is 11.4. The summed E-state index contributed by atoms with van der Waals surface area (Å²) < 4.78 is 11.2. The van der Waals surface area contributed by atoms with Gasteiger partial charge >= 0.3 is 0 Å². The van der Waals surface area contributed by atoms with Crippen molar-refractivity contribution >= 4 is 0 Å². The van der Waals surface area contributed by atoms with E-state index in [9.17, 15) is 0 Å². The SMILES string of the molecule is CC(C)COc1ccc(C(C)NC(C)C2CCOC2)cc1. The highest BCUT2D eigenvalue weighted by molar-refractivity contribution is 5.29. The maximum Gasteiger partial charge on any atom is 0.119 e. The highest BCUT2D eigenvalue weighted by Crippen LogP contribution is 2.22. The summed E-state index contributed by atoms with van der Waals surface area (Å²) in [6.07, 6.45) is 1.17. The van der Waals surface area contributed by atoms with Gasteiger partial charge in [0.15, 0.2) is 0 Å². The number of benzene rings is 1. The van der Waals surface area contributed by atoms with Crippen LogP contribution in [0.1, 0.15) is 45.7 Å². The molecule has 2 rings (SSSR count). The zero-order chi connectivity index (χ0) is 15.2. The first-order valence-corrected chi connectivity index (χ1v) is 8.13. The van der Waals surface area contributed by atoms with Crippen LogP contribution in [-0.2, 0) is 4.74 Å². The maximum atomic E-state index is 5.73. The van der Waals surface area contributed by atoms with Crippen molar-refractivity contribution in [2.24, 2.45) is 11.8 Å². The minimum Gasteiger partial charge on any atom is -0.493 e. The Bertz CT molecular complexity index is 410. The molecule has 0 saturated carbocycles. The van der Waals surface area contributed by atoms with Gasteiger partial charge < -0.3 is 14.8 Å². The number of nitrogens with one attached hydrogen (secondary N) is 1. The van der Waals surface area contributed by atoms with Crippen molar-refractivity contribution in [1.82, 2.24) is 5.32 Å². The average molecular weight is 291 g/mol. The van der Waals surface area contributed by atoms with Crippen LogP contribution in [0.25, 0.3) is 0 Å². The van der Waals surface area contributed by atoms with Gasteiger partial charge in [0.05, 0.1) is 13.2 Å². The van der Waals surface area contributed by atoms with Crippen LogP contribution in [0.15, 0.2) is 24.3 Å². The quantitative estimate of drug-likeness (QED) is 0.829. The van der Waals surface area contributed by atoms with Gasteiger partial charge in [-0.1, -0.05) is 26.0 Å². The smallest absolute Gasteiger partial charge is 0.119 e. The van der Waals surface area contributed by atoms with Crippen molar-refractivity contribution in [3.05, 3.63) is 29.8 Å². The second-order valence-electron chi connectivity index (χ2n) is 6.57. The van der Waals surface area contributed by atoms with Crippen LogP contribution in [0.2, 0.25) is 0 Å². The Hall–Kier alpha value is -1.06. The van der Waals surface area contributed by atoms with E-state index in [1.54, 1.807) is 0 Å². The number of rotatable bonds is 7. The van der Waals surface area contributed by atoms with Gasteiger partial charge in [0.25, 0.3) is 0 Å². The fraction of sp³-hybridized carbons (Fsp3) is 0.667. The molecule has 0 aliphatic carbocycles. The molecule has 0 aromatic heterocycles. The van der Waals surface area contributed by atoms with Crippen molar-refractivity contribution in [3.8, 4) is 5.75 Å². The first-order chi connectivity index (χ1) is 10.1. The molecule has 118 valence electrons. The van der Waals surface area contributed by atoms with Gasteiger partial charge in [-0.25, -0.2) is 0 Å². The second-order valence-corrected chi connectivity index (χ2v) is 6.57. The van der Waals surface area contributed by atoms with Gasteiger partial charge in [-0.15, -0.1) is 0 Å². The molecule has 1 N–H and O–H groups in total. The third-order valence-electron chi connectivity index (χ3n) is 4.15. The van der Waals surface area contributed by atoms with Crippen LogP contribution in [0, 0.1) is 11.8 Å². The average Bonchev–Trinajstić information content (AvgIpc) is 3.00. The van der Waals surface area contributed by atoms with Gasteiger partial charge in [0.1, 0.15) is 5.75 Å². The van der Waals surface area contributed by atoms with Crippen LogP contribution in [0.3, 0.4) is 0 Å². The zero-order valence-electron chi connectivity index (χ0n) is 13.8. The van der Waals surface area contributed by atoms with E-state index in [1.807, 2.05) is 0 Å². The molecule has 1 saturated heterocycles. The minimum absolute atomic E-state index is 0.347.